The van der Waals surface area contributed by atoms with Crippen LogP contribution >= 0.6 is 0 Å². The first-order valence-corrected chi connectivity index (χ1v) is 9.76. The van der Waals surface area contributed by atoms with Crippen molar-refractivity contribution in [3.63, 3.8) is 0 Å². The minimum Gasteiger partial charge on any atom is -0.301 e. The largest absolute Gasteiger partial charge is 0.301 e. The number of imidazole rings is 1. The topological polar surface area (TPSA) is 44.8 Å². The van der Waals surface area contributed by atoms with Crippen LogP contribution in [0.25, 0.3) is 0 Å². The summed E-state index contributed by atoms with van der Waals surface area (Å²) in [4.78, 5) is 12.1. The van der Waals surface area contributed by atoms with Crippen LogP contribution in [0.1, 0.15) is 30.1 Å². The first-order valence-electron chi connectivity index (χ1n) is 8.17. The fourth-order valence-electron chi connectivity index (χ4n) is 2.70. The Morgan fingerprint density at radius 3 is 2.71 bits per heavy atom. The minimum atomic E-state index is 0.0900. The molecule has 0 saturated carbocycles. The van der Waals surface area contributed by atoms with E-state index in [2.05, 4.69) is 43.4 Å². The Bertz CT molecular complexity index is 787. The molecule has 24 heavy (non-hydrogen) atoms. The summed E-state index contributed by atoms with van der Waals surface area (Å²) >= 11 is 0.0900. The fraction of sp³-hybridized carbons (Fsp3) is 0.368. The van der Waals surface area contributed by atoms with Gasteiger partial charge in [-0.3, -0.25) is 0 Å². The van der Waals surface area contributed by atoms with E-state index < -0.39 is 0 Å². The molecule has 1 N–H and O–H groups in total. The highest BCUT2D eigenvalue weighted by molar-refractivity contribution is 7.93. The number of aromatic amines is 1. The predicted octanol–water partition coefficient (Wildman–Crippen LogP) is 3.02. The van der Waals surface area contributed by atoms with E-state index in [9.17, 15) is 0 Å². The van der Waals surface area contributed by atoms with E-state index in [0.717, 1.165) is 43.1 Å². The molecule has 1 unspecified atom stereocenters. The van der Waals surface area contributed by atoms with Crippen LogP contribution in [0.5, 0.6) is 0 Å². The maximum absolute atomic E-state index is 4.41. The molecule has 124 valence electrons. The van der Waals surface area contributed by atoms with Gasteiger partial charge in [0.15, 0.2) is 0 Å². The van der Waals surface area contributed by atoms with Crippen LogP contribution in [-0.4, -0.2) is 38.6 Å². The molecule has 0 amide bonds. The van der Waals surface area contributed by atoms with Gasteiger partial charge in [0, 0.05) is 18.8 Å². The number of rotatable bonds is 2. The lowest BCUT2D eigenvalue weighted by Crippen LogP contribution is -2.36. The van der Waals surface area contributed by atoms with Crippen molar-refractivity contribution >= 4 is 11.1 Å². The summed E-state index contributed by atoms with van der Waals surface area (Å²) in [5.41, 5.74) is 3.28. The molecule has 1 aliphatic rings. The number of nitrogens with zero attached hydrogens (tertiary/aromatic N) is 3. The SMILES string of the molecule is Cc1cccc(C#CC=C2CCN([S+](C)c3cnc(C)[nH]3)CC2)n1. The normalized spacial score (nSPS) is 16.4. The minimum absolute atomic E-state index is 0.0900. The Kier molecular flexibility index (Phi) is 5.39. The van der Waals surface area contributed by atoms with E-state index in [4.69, 9.17) is 0 Å². The van der Waals surface area contributed by atoms with Crippen molar-refractivity contribution in [1.29, 1.82) is 0 Å². The Hall–Kier alpha value is -2.03. The molecule has 0 radical (unpaired) electrons. The van der Waals surface area contributed by atoms with Crippen molar-refractivity contribution < 1.29 is 0 Å². The Morgan fingerprint density at radius 1 is 1.25 bits per heavy atom. The lowest BCUT2D eigenvalue weighted by molar-refractivity contribution is 0.426. The van der Waals surface area contributed by atoms with Crippen molar-refractivity contribution in [3.05, 3.63) is 53.3 Å². The summed E-state index contributed by atoms with van der Waals surface area (Å²) in [5.74, 6) is 7.29. The summed E-state index contributed by atoms with van der Waals surface area (Å²) in [6.45, 7) is 6.14. The Morgan fingerprint density at radius 2 is 2.04 bits per heavy atom. The van der Waals surface area contributed by atoms with Crippen LogP contribution in [0.4, 0.5) is 0 Å². The van der Waals surface area contributed by atoms with Gasteiger partial charge in [-0.25, -0.2) is 9.97 Å². The molecule has 1 fully saturated rings. The molecule has 0 bridgehead atoms. The number of nitrogens with one attached hydrogen (secondary N) is 1. The van der Waals surface area contributed by atoms with Crippen LogP contribution in [0.2, 0.25) is 0 Å². The average molecular weight is 339 g/mol. The van der Waals surface area contributed by atoms with Gasteiger partial charge in [0.25, 0.3) is 5.03 Å². The second-order valence-electron chi connectivity index (χ2n) is 5.98. The third-order valence-electron chi connectivity index (χ3n) is 4.11. The zero-order valence-corrected chi connectivity index (χ0v) is 15.3. The second-order valence-corrected chi connectivity index (χ2v) is 7.89. The maximum atomic E-state index is 4.41. The summed E-state index contributed by atoms with van der Waals surface area (Å²) in [7, 11) is 0. The lowest BCUT2D eigenvalue weighted by atomic mass is 10.1. The third kappa shape index (κ3) is 4.28. The number of allylic oxidation sites excluding steroid dienone is 1. The number of aromatic nitrogens is 3. The van der Waals surface area contributed by atoms with Gasteiger partial charge in [-0.15, -0.1) is 4.31 Å². The van der Waals surface area contributed by atoms with E-state index in [1.165, 1.54) is 10.6 Å². The molecule has 2 aromatic heterocycles. The molecule has 4 nitrogen and oxygen atoms in total. The van der Waals surface area contributed by atoms with Gasteiger partial charge in [0.05, 0.1) is 0 Å². The van der Waals surface area contributed by atoms with Gasteiger partial charge >= 0.3 is 0 Å². The first kappa shape index (κ1) is 16.8. The molecule has 5 heteroatoms. The Balaban J connectivity index is 1.57. The van der Waals surface area contributed by atoms with Crippen molar-refractivity contribution in [2.24, 2.45) is 0 Å². The fourth-order valence-corrected chi connectivity index (χ4v) is 4.21. The number of piperidine rings is 1. The van der Waals surface area contributed by atoms with Gasteiger partial charge < -0.3 is 4.98 Å². The maximum Gasteiger partial charge on any atom is 0.265 e. The highest BCUT2D eigenvalue weighted by Crippen LogP contribution is 2.22. The van der Waals surface area contributed by atoms with Crippen molar-refractivity contribution in [2.75, 3.05) is 19.3 Å². The van der Waals surface area contributed by atoms with E-state index in [0.29, 0.717) is 0 Å². The van der Waals surface area contributed by atoms with Gasteiger partial charge in [0.1, 0.15) is 35.1 Å². The van der Waals surface area contributed by atoms with Gasteiger partial charge in [-0.05, 0) is 50.8 Å². The molecular weight excluding hydrogens is 316 g/mol. The number of hydrogen-bond acceptors (Lipinski definition) is 3. The predicted molar refractivity (Wildman–Crippen MR) is 99.6 cm³/mol. The number of pyridine rings is 1. The van der Waals surface area contributed by atoms with Crippen molar-refractivity contribution in [1.82, 2.24) is 19.3 Å². The number of aryl methyl sites for hydroxylation is 2. The van der Waals surface area contributed by atoms with Gasteiger partial charge in [-0.1, -0.05) is 17.6 Å². The van der Waals surface area contributed by atoms with Crippen LogP contribution < -0.4 is 0 Å². The van der Waals surface area contributed by atoms with E-state index in [-0.39, 0.29) is 11.1 Å². The highest BCUT2D eigenvalue weighted by Gasteiger charge is 2.30. The molecule has 0 spiro atoms. The molecule has 2 aromatic rings. The molecular formula is C19H23N4S+. The summed E-state index contributed by atoms with van der Waals surface area (Å²) < 4.78 is 2.53. The van der Waals surface area contributed by atoms with E-state index >= 15 is 0 Å². The van der Waals surface area contributed by atoms with Crippen LogP contribution in [0, 0.1) is 25.7 Å². The molecule has 1 atom stereocenters. The molecule has 3 heterocycles. The monoisotopic (exact) mass is 339 g/mol. The smallest absolute Gasteiger partial charge is 0.265 e. The average Bonchev–Trinajstić information content (AvgIpc) is 3.01. The first-order chi connectivity index (χ1) is 11.6. The molecule has 3 rings (SSSR count). The van der Waals surface area contributed by atoms with Gasteiger partial charge in [-0.2, -0.15) is 0 Å². The highest BCUT2D eigenvalue weighted by atomic mass is 32.2. The molecule has 1 aliphatic heterocycles. The molecule has 1 saturated heterocycles. The van der Waals surface area contributed by atoms with Gasteiger partial charge in [0.2, 0.25) is 0 Å². The van der Waals surface area contributed by atoms with Crippen molar-refractivity contribution in [3.8, 4) is 11.8 Å². The Labute approximate surface area is 146 Å². The second kappa shape index (κ2) is 7.69. The number of H-pyrrole nitrogens is 1. The quantitative estimate of drug-likeness (QED) is 0.676. The third-order valence-corrected chi connectivity index (χ3v) is 6.10. The zero-order valence-electron chi connectivity index (χ0n) is 14.5. The van der Waals surface area contributed by atoms with Crippen LogP contribution in [-0.2, 0) is 11.1 Å². The molecule has 0 aromatic carbocycles. The number of hydrogen-bond donors (Lipinski definition) is 1. The van der Waals surface area contributed by atoms with E-state index in [1.54, 1.807) is 0 Å². The standard InChI is InChI=1S/C19H23N4S/c1-15-6-4-8-18(21-15)9-5-7-17-10-12-23(13-11-17)24(3)19-14-20-16(2)22-19/h4,6-8,14H,10-13H2,1-3H3,(H,20,22)/q+1. The van der Waals surface area contributed by atoms with Crippen molar-refractivity contribution in [2.45, 2.75) is 31.7 Å². The summed E-state index contributed by atoms with van der Waals surface area (Å²) in [6, 6.07) is 5.94. The summed E-state index contributed by atoms with van der Waals surface area (Å²) in [6.07, 6.45) is 8.48. The molecule has 0 aliphatic carbocycles. The lowest BCUT2D eigenvalue weighted by Gasteiger charge is -2.24. The van der Waals surface area contributed by atoms with E-state index in [1.807, 2.05) is 38.2 Å². The van der Waals surface area contributed by atoms with Crippen LogP contribution in [0.15, 0.2) is 41.1 Å². The summed E-state index contributed by atoms with van der Waals surface area (Å²) in [5, 5.41) is 1.23. The van der Waals surface area contributed by atoms with Crippen LogP contribution in [0.3, 0.4) is 0 Å². The zero-order chi connectivity index (χ0) is 16.9.